The molecule has 7 nitrogen and oxygen atoms in total. The molecule has 0 bridgehead atoms. The van der Waals surface area contributed by atoms with Crippen molar-refractivity contribution in [1.82, 2.24) is 15.3 Å². The Morgan fingerprint density at radius 3 is 2.72 bits per heavy atom. The summed E-state index contributed by atoms with van der Waals surface area (Å²) >= 11 is 0. The molecule has 2 aliphatic rings. The zero-order valence-corrected chi connectivity index (χ0v) is 15.8. The van der Waals surface area contributed by atoms with Gasteiger partial charge in [0.1, 0.15) is 11.3 Å². The number of carbonyl (C=O) groups is 2. The van der Waals surface area contributed by atoms with Crippen molar-refractivity contribution in [3.8, 4) is 0 Å². The number of hydrogen-bond donors (Lipinski definition) is 1. The van der Waals surface area contributed by atoms with Crippen molar-refractivity contribution in [2.24, 2.45) is 4.99 Å². The van der Waals surface area contributed by atoms with Crippen LogP contribution in [0.5, 0.6) is 0 Å². The molecule has 0 radical (unpaired) electrons. The predicted molar refractivity (Wildman–Crippen MR) is 107 cm³/mol. The third kappa shape index (κ3) is 3.14. The van der Waals surface area contributed by atoms with E-state index in [0.29, 0.717) is 29.4 Å². The Hall–Kier alpha value is -3.29. The second-order valence-electron chi connectivity index (χ2n) is 7.13. The zero-order chi connectivity index (χ0) is 19.8. The van der Waals surface area contributed by atoms with Crippen LogP contribution in [0.2, 0.25) is 0 Å². The second-order valence-corrected chi connectivity index (χ2v) is 7.13. The van der Waals surface area contributed by atoms with Gasteiger partial charge in [-0.1, -0.05) is 36.4 Å². The van der Waals surface area contributed by atoms with Crippen molar-refractivity contribution in [1.29, 1.82) is 0 Å². The molecule has 0 unspecified atom stereocenters. The predicted octanol–water partition coefficient (Wildman–Crippen LogP) is 0.592. The Morgan fingerprint density at radius 2 is 1.86 bits per heavy atom. The number of furan rings is 1. The number of nitrogens with zero attached hydrogens (tertiary/aromatic N) is 3. The minimum absolute atomic E-state index is 0.139. The maximum atomic E-state index is 13.5. The summed E-state index contributed by atoms with van der Waals surface area (Å²) in [6.45, 7) is 2.77. The van der Waals surface area contributed by atoms with Gasteiger partial charge in [-0.2, -0.15) is 0 Å². The van der Waals surface area contributed by atoms with Crippen molar-refractivity contribution < 1.29 is 14.0 Å². The lowest BCUT2D eigenvalue weighted by atomic mass is 10.1. The zero-order valence-electron chi connectivity index (χ0n) is 15.8. The number of rotatable bonds is 4. The van der Waals surface area contributed by atoms with Gasteiger partial charge in [-0.3, -0.25) is 9.59 Å². The van der Waals surface area contributed by atoms with Crippen LogP contribution in [0, 0.1) is 0 Å². The van der Waals surface area contributed by atoms with E-state index < -0.39 is 0 Å². The van der Waals surface area contributed by atoms with Crippen molar-refractivity contribution in [2.45, 2.75) is 6.42 Å². The number of nitrogens with one attached hydrogen (secondary N) is 1. The van der Waals surface area contributed by atoms with E-state index >= 15 is 0 Å². The molecule has 0 spiro atoms. The third-order valence-corrected chi connectivity index (χ3v) is 5.31. The topological polar surface area (TPSA) is 78.2 Å². The summed E-state index contributed by atoms with van der Waals surface area (Å²) in [4.78, 5) is 30.4. The summed E-state index contributed by atoms with van der Waals surface area (Å²) < 4.78 is 5.59. The van der Waals surface area contributed by atoms with E-state index in [1.54, 1.807) is 17.3 Å². The molecule has 2 amide bonds. The quantitative estimate of drug-likeness (QED) is 0.708. The molecule has 2 aliphatic heterocycles. The standard InChI is InChI=1S/C22H20N4O3/c27-20(13-15-14-29-19-8-4-2-5-16(15)19)26(25-11-9-23-10-12-25)21-17-6-1-3-7-18(17)24-22(21)28/h1-8,14,23H,9-13H2. The first kappa shape index (κ1) is 17.8. The number of hydrazine groups is 1. The highest BCUT2D eigenvalue weighted by Gasteiger charge is 2.33. The second kappa shape index (κ2) is 7.27. The third-order valence-electron chi connectivity index (χ3n) is 5.31. The monoisotopic (exact) mass is 388 g/mol. The molecule has 3 heterocycles. The maximum absolute atomic E-state index is 13.5. The van der Waals surface area contributed by atoms with Crippen LogP contribution in [0.4, 0.5) is 0 Å². The number of fused-ring (bicyclic) bond motifs is 2. The normalized spacial score (nSPS) is 16.7. The van der Waals surface area contributed by atoms with E-state index in [0.717, 1.165) is 29.6 Å². The van der Waals surface area contributed by atoms with Crippen LogP contribution in [-0.2, 0) is 16.0 Å². The summed E-state index contributed by atoms with van der Waals surface area (Å²) in [6.07, 6.45) is 1.76. The van der Waals surface area contributed by atoms with Crippen LogP contribution in [0.25, 0.3) is 16.7 Å². The average molecular weight is 388 g/mol. The molecule has 29 heavy (non-hydrogen) atoms. The van der Waals surface area contributed by atoms with E-state index in [4.69, 9.17) is 4.42 Å². The lowest BCUT2D eigenvalue weighted by Crippen LogP contribution is -2.55. The molecule has 146 valence electrons. The van der Waals surface area contributed by atoms with E-state index in [-0.39, 0.29) is 18.2 Å². The largest absolute Gasteiger partial charge is 0.464 e. The summed E-state index contributed by atoms with van der Waals surface area (Å²) in [5.74, 6) is -0.552. The van der Waals surface area contributed by atoms with Gasteiger partial charge in [-0.25, -0.2) is 15.0 Å². The fourth-order valence-corrected chi connectivity index (χ4v) is 3.94. The Balaban J connectivity index is 1.57. The average Bonchev–Trinajstić information content (AvgIpc) is 3.30. The fourth-order valence-electron chi connectivity index (χ4n) is 3.94. The Bertz CT molecular complexity index is 1220. The molecule has 1 N–H and O–H groups in total. The van der Waals surface area contributed by atoms with Gasteiger partial charge in [0.05, 0.1) is 18.0 Å². The molecule has 0 atom stereocenters. The minimum Gasteiger partial charge on any atom is -0.464 e. The van der Waals surface area contributed by atoms with Gasteiger partial charge >= 0.3 is 0 Å². The highest BCUT2D eigenvalue weighted by Crippen LogP contribution is 2.23. The molecule has 1 saturated heterocycles. The van der Waals surface area contributed by atoms with Crippen molar-refractivity contribution in [3.63, 3.8) is 0 Å². The first-order valence-electron chi connectivity index (χ1n) is 9.68. The van der Waals surface area contributed by atoms with Crippen LogP contribution in [-0.4, -0.2) is 48.0 Å². The van der Waals surface area contributed by atoms with Gasteiger partial charge in [0.25, 0.3) is 5.91 Å². The summed E-state index contributed by atoms with van der Waals surface area (Å²) in [6, 6.07) is 15.0. The van der Waals surface area contributed by atoms with Gasteiger partial charge < -0.3 is 9.73 Å². The van der Waals surface area contributed by atoms with E-state index in [9.17, 15) is 9.59 Å². The Morgan fingerprint density at radius 1 is 1.10 bits per heavy atom. The van der Waals surface area contributed by atoms with Crippen LogP contribution < -0.4 is 15.9 Å². The van der Waals surface area contributed by atoms with Crippen molar-refractivity contribution in [2.75, 3.05) is 26.2 Å². The highest BCUT2D eigenvalue weighted by atomic mass is 16.3. The van der Waals surface area contributed by atoms with Gasteiger partial charge in [0.15, 0.2) is 0 Å². The first-order valence-corrected chi connectivity index (χ1v) is 9.68. The molecule has 2 aromatic carbocycles. The minimum atomic E-state index is -0.380. The number of para-hydroxylation sites is 2. The number of carbonyl (C=O) groups excluding carboxylic acids is 2. The summed E-state index contributed by atoms with van der Waals surface area (Å²) in [7, 11) is 0. The number of benzene rings is 2. The number of amides is 2. The van der Waals surface area contributed by atoms with E-state index in [1.165, 1.54) is 0 Å². The van der Waals surface area contributed by atoms with Crippen molar-refractivity contribution in [3.05, 3.63) is 70.9 Å². The Kier molecular flexibility index (Phi) is 4.46. The van der Waals surface area contributed by atoms with Gasteiger partial charge in [0, 0.05) is 42.3 Å². The van der Waals surface area contributed by atoms with Crippen molar-refractivity contribution >= 4 is 28.5 Å². The molecular weight excluding hydrogens is 368 g/mol. The molecule has 7 heteroatoms. The first-order chi connectivity index (χ1) is 14.2. The highest BCUT2D eigenvalue weighted by molar-refractivity contribution is 6.17. The lowest BCUT2D eigenvalue weighted by Gasteiger charge is -2.37. The molecule has 0 saturated carbocycles. The van der Waals surface area contributed by atoms with Gasteiger partial charge in [0.2, 0.25) is 5.91 Å². The molecule has 0 aliphatic carbocycles. The lowest BCUT2D eigenvalue weighted by molar-refractivity contribution is -0.143. The van der Waals surface area contributed by atoms with Crippen LogP contribution in [0.15, 0.2) is 64.2 Å². The SMILES string of the molecule is O=C1N=c2ccccc2=C1N(C(=O)Cc1coc2ccccc12)N1CCNCC1. The molecular formula is C22H20N4O3. The smallest absolute Gasteiger partial charge is 0.296 e. The fraction of sp³-hybridized carbons (Fsp3) is 0.227. The van der Waals surface area contributed by atoms with Gasteiger partial charge in [-0.15, -0.1) is 0 Å². The van der Waals surface area contributed by atoms with Crippen LogP contribution >= 0.6 is 0 Å². The van der Waals surface area contributed by atoms with Gasteiger partial charge in [-0.05, 0) is 12.1 Å². The molecule has 5 rings (SSSR count). The molecule has 1 aromatic heterocycles. The maximum Gasteiger partial charge on any atom is 0.296 e. The Labute approximate surface area is 166 Å². The van der Waals surface area contributed by atoms with Crippen LogP contribution in [0.3, 0.4) is 0 Å². The summed E-state index contributed by atoms with van der Waals surface area (Å²) in [5.41, 5.74) is 1.89. The molecule has 1 fully saturated rings. The van der Waals surface area contributed by atoms with E-state index in [2.05, 4.69) is 10.3 Å². The molecule has 3 aromatic rings. The number of piperazine rings is 1. The van der Waals surface area contributed by atoms with E-state index in [1.807, 2.05) is 47.5 Å². The van der Waals surface area contributed by atoms with Crippen LogP contribution in [0.1, 0.15) is 5.56 Å². The number of hydrogen-bond acceptors (Lipinski definition) is 5. The summed E-state index contributed by atoms with van der Waals surface area (Å²) in [5, 5.41) is 8.98.